The van der Waals surface area contributed by atoms with E-state index < -0.39 is 0 Å². The van der Waals surface area contributed by atoms with E-state index in [1.54, 1.807) is 0 Å². The van der Waals surface area contributed by atoms with Gasteiger partial charge in [0.1, 0.15) is 5.78 Å². The number of ketones is 1. The number of aliphatic hydroxyl groups excluding tert-OH is 1. The van der Waals surface area contributed by atoms with Gasteiger partial charge in [-0.2, -0.15) is 0 Å². The summed E-state index contributed by atoms with van der Waals surface area (Å²) in [7, 11) is 0. The maximum atomic E-state index is 11.9. The maximum absolute atomic E-state index is 11.9. The van der Waals surface area contributed by atoms with E-state index in [9.17, 15) is 9.90 Å². The number of rotatable bonds is 0. The van der Waals surface area contributed by atoms with Gasteiger partial charge in [0.2, 0.25) is 0 Å². The quantitative estimate of drug-likeness (QED) is 0.668. The van der Waals surface area contributed by atoms with Crippen molar-refractivity contribution >= 4 is 5.78 Å². The summed E-state index contributed by atoms with van der Waals surface area (Å²) in [6.07, 6.45) is 10.0. The second-order valence-corrected chi connectivity index (χ2v) is 9.04. The fourth-order valence-corrected chi connectivity index (χ4v) is 7.02. The number of hydrogen-bond donors (Lipinski definition) is 1. The van der Waals surface area contributed by atoms with Gasteiger partial charge in [0.15, 0.2) is 0 Å². The van der Waals surface area contributed by atoms with E-state index >= 15 is 0 Å². The molecule has 4 aliphatic carbocycles. The van der Waals surface area contributed by atoms with Crippen molar-refractivity contribution in [3.63, 3.8) is 0 Å². The maximum Gasteiger partial charge on any atom is 0.133 e. The Morgan fingerprint density at radius 3 is 2.45 bits per heavy atom. The van der Waals surface area contributed by atoms with Crippen LogP contribution in [0.15, 0.2) is 0 Å². The van der Waals surface area contributed by atoms with E-state index in [-0.39, 0.29) is 31.0 Å². The fourth-order valence-electron chi connectivity index (χ4n) is 7.02. The van der Waals surface area contributed by atoms with Gasteiger partial charge in [-0.05, 0) is 79.4 Å². The van der Waals surface area contributed by atoms with Crippen LogP contribution >= 0.6 is 0 Å². The van der Waals surface area contributed by atoms with Crippen molar-refractivity contribution in [1.29, 1.82) is 0 Å². The number of hydrogen-bond acceptors (Lipinski definition) is 2. The molecule has 4 rings (SSSR count). The number of fused-ring (bicyclic) bond motifs is 5. The third kappa shape index (κ3) is 2.21. The van der Waals surface area contributed by atoms with Crippen molar-refractivity contribution in [1.82, 2.24) is 0 Å². The van der Waals surface area contributed by atoms with Crippen molar-refractivity contribution in [2.75, 3.05) is 0 Å². The summed E-state index contributed by atoms with van der Waals surface area (Å²) in [5.74, 6) is 3.52. The van der Waals surface area contributed by atoms with Crippen molar-refractivity contribution in [2.24, 2.45) is 34.5 Å². The number of Topliss-reactive ketones (excluding diaryl/α,β-unsaturated/α-hetero) is 1. The Bertz CT molecular complexity index is 464. The molecule has 0 unspecified atom stereocenters. The number of aliphatic hydroxyl groups is 1. The Labute approximate surface area is 147 Å². The first-order chi connectivity index (χ1) is 9.95. The van der Waals surface area contributed by atoms with Gasteiger partial charge in [-0.3, -0.25) is 4.79 Å². The second-order valence-electron chi connectivity index (χ2n) is 9.04. The van der Waals surface area contributed by atoms with Gasteiger partial charge in [0.25, 0.3) is 0 Å². The van der Waals surface area contributed by atoms with E-state index in [0.717, 1.165) is 43.4 Å². The molecule has 4 saturated carbocycles. The zero-order valence-electron chi connectivity index (χ0n) is 14.3. The normalized spacial score (nSPS) is 54.0. The van der Waals surface area contributed by atoms with Crippen LogP contribution in [0.3, 0.4) is 0 Å². The average Bonchev–Trinajstić information content (AvgIpc) is 2.76. The molecule has 2 nitrogen and oxygen atoms in total. The van der Waals surface area contributed by atoms with Gasteiger partial charge >= 0.3 is 0 Å². The smallest absolute Gasteiger partial charge is 0.133 e. The van der Waals surface area contributed by atoms with Crippen LogP contribution in [-0.2, 0) is 24.3 Å². The minimum Gasteiger partial charge on any atom is -0.393 e. The predicted molar refractivity (Wildman–Crippen MR) is 82.7 cm³/mol. The first-order valence-electron chi connectivity index (χ1n) is 9.15. The molecule has 4 aliphatic rings. The van der Waals surface area contributed by atoms with Crippen LogP contribution in [0.2, 0.25) is 0 Å². The Morgan fingerprint density at radius 2 is 1.68 bits per heavy atom. The minimum atomic E-state index is -0.0677. The molecule has 3 heteroatoms. The Balaban J connectivity index is 0.00000144. The zero-order chi connectivity index (χ0) is 14.8. The Morgan fingerprint density at radius 1 is 0.955 bits per heavy atom. The molecule has 0 aromatic rings. The van der Waals surface area contributed by atoms with Crippen molar-refractivity contribution in [3.8, 4) is 0 Å². The van der Waals surface area contributed by atoms with Gasteiger partial charge in [-0.15, -0.1) is 0 Å². The van der Waals surface area contributed by atoms with E-state index in [1.165, 1.54) is 32.1 Å². The van der Waals surface area contributed by atoms with Crippen molar-refractivity contribution in [3.05, 3.63) is 0 Å². The summed E-state index contributed by atoms with van der Waals surface area (Å²) in [6.45, 7) is 4.85. The monoisotopic (exact) mass is 354 g/mol. The molecular formula is C19H30O2Zn. The third-order valence-electron chi connectivity index (χ3n) is 8.43. The zero-order valence-corrected chi connectivity index (χ0v) is 17.3. The molecule has 0 aromatic heterocycles. The molecule has 0 bridgehead atoms. The predicted octanol–water partition coefficient (Wildman–Crippen LogP) is 3.96. The summed E-state index contributed by atoms with van der Waals surface area (Å²) in [4.78, 5) is 11.9. The summed E-state index contributed by atoms with van der Waals surface area (Å²) in [5, 5.41) is 10.5. The third-order valence-corrected chi connectivity index (χ3v) is 8.43. The molecular weight excluding hydrogens is 326 g/mol. The molecule has 0 aromatic carbocycles. The average molecular weight is 356 g/mol. The molecule has 0 spiro atoms. The van der Waals surface area contributed by atoms with Crippen LogP contribution in [0, 0.1) is 34.5 Å². The van der Waals surface area contributed by atoms with E-state index in [1.807, 2.05) is 0 Å². The Hall–Kier alpha value is 0.253. The van der Waals surface area contributed by atoms with Crippen LogP contribution in [-0.4, -0.2) is 17.0 Å². The van der Waals surface area contributed by atoms with E-state index in [0.29, 0.717) is 17.1 Å². The fraction of sp³-hybridized carbons (Fsp3) is 0.947. The van der Waals surface area contributed by atoms with Crippen LogP contribution in [0.1, 0.15) is 71.6 Å². The standard InChI is InChI=1S/C19H30O2.Zn/c1-18-9-7-13(20)11-12(18)3-4-14-15-5-6-17(21)19(15,2)10-8-16(14)18;/h12,14-17,21H,3-11H2,1-2H3;/t12-,14-,15-,16-,17-,18-,19-;/m0./s1. The molecule has 0 aliphatic heterocycles. The largest absolute Gasteiger partial charge is 0.393 e. The van der Waals surface area contributed by atoms with Crippen molar-refractivity contribution in [2.45, 2.75) is 77.7 Å². The molecule has 7 atom stereocenters. The molecule has 4 fully saturated rings. The van der Waals surface area contributed by atoms with Crippen LogP contribution < -0.4 is 0 Å². The molecule has 0 heterocycles. The minimum absolute atomic E-state index is 0. The molecule has 1 N–H and O–H groups in total. The topological polar surface area (TPSA) is 37.3 Å². The van der Waals surface area contributed by atoms with Gasteiger partial charge < -0.3 is 5.11 Å². The van der Waals surface area contributed by atoms with Crippen LogP contribution in [0.4, 0.5) is 0 Å². The van der Waals surface area contributed by atoms with E-state index in [2.05, 4.69) is 13.8 Å². The Kier molecular flexibility index (Phi) is 4.39. The van der Waals surface area contributed by atoms with Crippen molar-refractivity contribution < 1.29 is 29.4 Å². The molecule has 0 saturated heterocycles. The molecule has 22 heavy (non-hydrogen) atoms. The number of carbonyl (C=O) groups excluding carboxylic acids is 1. The number of carbonyl (C=O) groups is 1. The second kappa shape index (κ2) is 5.66. The van der Waals surface area contributed by atoms with Gasteiger partial charge in [0.05, 0.1) is 6.10 Å². The summed E-state index contributed by atoms with van der Waals surface area (Å²) in [6, 6.07) is 0. The SMILES string of the molecule is C[C@]12CCC(=O)C[C@@H]1CC[C@@H]1[C@@H]2CC[C@]2(C)[C@@H](O)CC[C@@H]12.[Zn]. The first-order valence-corrected chi connectivity index (χ1v) is 9.15. The van der Waals surface area contributed by atoms with Gasteiger partial charge in [-0.1, -0.05) is 13.8 Å². The molecule has 0 radical (unpaired) electrons. The van der Waals surface area contributed by atoms with Gasteiger partial charge in [0, 0.05) is 32.3 Å². The van der Waals surface area contributed by atoms with Crippen LogP contribution in [0.25, 0.3) is 0 Å². The van der Waals surface area contributed by atoms with Gasteiger partial charge in [-0.25, -0.2) is 0 Å². The first kappa shape index (κ1) is 17.1. The molecule has 0 amide bonds. The summed E-state index contributed by atoms with van der Waals surface area (Å²) in [5.41, 5.74) is 0.598. The van der Waals surface area contributed by atoms with Crippen LogP contribution in [0.5, 0.6) is 0 Å². The summed E-state index contributed by atoms with van der Waals surface area (Å²) < 4.78 is 0. The summed E-state index contributed by atoms with van der Waals surface area (Å²) >= 11 is 0. The molecule has 120 valence electrons. The van der Waals surface area contributed by atoms with E-state index in [4.69, 9.17) is 0 Å².